The molecular formula is C19H27N6O+. The number of carbonyl (C=O) groups is 1. The Bertz CT molecular complexity index is 696. The van der Waals surface area contributed by atoms with Crippen molar-refractivity contribution in [1.82, 2.24) is 15.3 Å². The average molecular weight is 355 g/mol. The number of rotatable bonds is 6. The summed E-state index contributed by atoms with van der Waals surface area (Å²) in [5, 5.41) is 3.03. The lowest BCUT2D eigenvalue weighted by Gasteiger charge is -2.31. The Morgan fingerprint density at radius 2 is 1.81 bits per heavy atom. The van der Waals surface area contributed by atoms with Crippen LogP contribution in [0, 0.1) is 0 Å². The van der Waals surface area contributed by atoms with Gasteiger partial charge in [-0.3, -0.25) is 4.79 Å². The van der Waals surface area contributed by atoms with Crippen LogP contribution in [0.3, 0.4) is 0 Å². The van der Waals surface area contributed by atoms with Crippen molar-refractivity contribution < 1.29 is 9.69 Å². The molecule has 1 aliphatic heterocycles. The molecule has 26 heavy (non-hydrogen) atoms. The third-order valence-electron chi connectivity index (χ3n) is 4.66. The molecule has 0 spiro atoms. The lowest BCUT2D eigenvalue weighted by molar-refractivity contribution is -0.892. The lowest BCUT2D eigenvalue weighted by Crippen LogP contribution is -3.16. The third-order valence-corrected chi connectivity index (χ3v) is 4.66. The summed E-state index contributed by atoms with van der Waals surface area (Å²) < 4.78 is 0. The zero-order valence-electron chi connectivity index (χ0n) is 15.5. The monoisotopic (exact) mass is 355 g/mol. The fourth-order valence-corrected chi connectivity index (χ4v) is 3.06. The molecule has 0 unspecified atom stereocenters. The standard InChI is InChI=1S/C19H26N6O/c1-23(2)17-6-4-16(5-7-17)14-22-18(26)15-24-10-12-25(13-11-24)19-20-8-3-9-21-19/h3-9H,10-15H2,1-2H3,(H,22,26)/p+1. The van der Waals surface area contributed by atoms with E-state index in [9.17, 15) is 4.79 Å². The van der Waals surface area contributed by atoms with Gasteiger partial charge in [0.1, 0.15) is 0 Å². The molecule has 0 atom stereocenters. The Kier molecular flexibility index (Phi) is 6.01. The summed E-state index contributed by atoms with van der Waals surface area (Å²) in [4.78, 5) is 26.4. The number of nitrogens with zero attached hydrogens (tertiary/aromatic N) is 4. The highest BCUT2D eigenvalue weighted by Crippen LogP contribution is 2.11. The van der Waals surface area contributed by atoms with Crippen LogP contribution in [0.15, 0.2) is 42.7 Å². The molecule has 138 valence electrons. The van der Waals surface area contributed by atoms with Crippen molar-refractivity contribution in [2.24, 2.45) is 0 Å². The molecule has 1 fully saturated rings. The van der Waals surface area contributed by atoms with Gasteiger partial charge in [-0.1, -0.05) is 12.1 Å². The van der Waals surface area contributed by atoms with Crippen LogP contribution in [-0.2, 0) is 11.3 Å². The van der Waals surface area contributed by atoms with Crippen molar-refractivity contribution in [3.63, 3.8) is 0 Å². The van der Waals surface area contributed by atoms with E-state index in [1.165, 1.54) is 4.90 Å². The number of hydrogen-bond acceptors (Lipinski definition) is 5. The average Bonchev–Trinajstić information content (AvgIpc) is 2.68. The Morgan fingerprint density at radius 3 is 2.42 bits per heavy atom. The third kappa shape index (κ3) is 4.92. The summed E-state index contributed by atoms with van der Waals surface area (Å²) in [5.74, 6) is 0.873. The molecule has 1 amide bonds. The molecule has 2 heterocycles. The predicted molar refractivity (Wildman–Crippen MR) is 102 cm³/mol. The molecule has 0 aliphatic carbocycles. The van der Waals surface area contributed by atoms with Crippen molar-refractivity contribution in [2.75, 3.05) is 56.6 Å². The number of piperazine rings is 1. The van der Waals surface area contributed by atoms with Gasteiger partial charge in [0.05, 0.1) is 26.2 Å². The van der Waals surface area contributed by atoms with Gasteiger partial charge in [0, 0.05) is 38.7 Å². The summed E-state index contributed by atoms with van der Waals surface area (Å²) in [5.41, 5.74) is 2.27. The van der Waals surface area contributed by atoms with E-state index in [1.807, 2.05) is 20.2 Å². The highest BCUT2D eigenvalue weighted by molar-refractivity contribution is 5.76. The van der Waals surface area contributed by atoms with Crippen LogP contribution in [0.5, 0.6) is 0 Å². The summed E-state index contributed by atoms with van der Waals surface area (Å²) in [7, 11) is 4.03. The van der Waals surface area contributed by atoms with Gasteiger partial charge in [0.2, 0.25) is 5.95 Å². The van der Waals surface area contributed by atoms with Gasteiger partial charge in [-0.2, -0.15) is 0 Å². The predicted octanol–water partition coefficient (Wildman–Crippen LogP) is -0.436. The number of carbonyl (C=O) groups excluding carboxylic acids is 1. The maximum atomic E-state index is 12.2. The second-order valence-electron chi connectivity index (χ2n) is 6.80. The number of hydrogen-bond donors (Lipinski definition) is 2. The van der Waals surface area contributed by atoms with Gasteiger partial charge in [-0.15, -0.1) is 0 Å². The quantitative estimate of drug-likeness (QED) is 0.736. The Balaban J connectivity index is 1.40. The molecule has 1 aliphatic rings. The largest absolute Gasteiger partial charge is 0.378 e. The molecule has 1 saturated heterocycles. The molecule has 3 rings (SSSR count). The minimum absolute atomic E-state index is 0.0982. The fourth-order valence-electron chi connectivity index (χ4n) is 3.06. The van der Waals surface area contributed by atoms with Crippen molar-refractivity contribution in [1.29, 1.82) is 0 Å². The Hall–Kier alpha value is -2.67. The number of nitrogens with one attached hydrogen (secondary N) is 2. The zero-order chi connectivity index (χ0) is 18.4. The molecule has 1 aromatic carbocycles. The number of benzene rings is 1. The van der Waals surface area contributed by atoms with Gasteiger partial charge < -0.3 is 20.0 Å². The van der Waals surface area contributed by atoms with Crippen LogP contribution in [0.2, 0.25) is 0 Å². The minimum Gasteiger partial charge on any atom is -0.378 e. The number of quaternary nitrogens is 1. The smallest absolute Gasteiger partial charge is 0.275 e. The second-order valence-corrected chi connectivity index (χ2v) is 6.80. The summed E-state index contributed by atoms with van der Waals surface area (Å²) >= 11 is 0. The van der Waals surface area contributed by atoms with Gasteiger partial charge in [-0.05, 0) is 23.8 Å². The second kappa shape index (κ2) is 8.62. The minimum atomic E-state index is 0.0982. The van der Waals surface area contributed by atoms with E-state index in [2.05, 4.69) is 49.4 Å². The molecule has 0 bridgehead atoms. The molecule has 7 nitrogen and oxygen atoms in total. The molecule has 7 heteroatoms. The van der Waals surface area contributed by atoms with E-state index >= 15 is 0 Å². The topological polar surface area (TPSA) is 65.8 Å². The first-order valence-electron chi connectivity index (χ1n) is 9.00. The van der Waals surface area contributed by atoms with E-state index < -0.39 is 0 Å². The number of amides is 1. The zero-order valence-corrected chi connectivity index (χ0v) is 15.5. The molecule has 0 saturated carbocycles. The van der Waals surface area contributed by atoms with Crippen molar-refractivity contribution >= 4 is 17.5 Å². The normalized spacial score (nSPS) is 14.9. The van der Waals surface area contributed by atoms with Gasteiger partial charge in [0.25, 0.3) is 5.91 Å². The highest BCUT2D eigenvalue weighted by Gasteiger charge is 2.23. The van der Waals surface area contributed by atoms with Crippen LogP contribution < -0.4 is 20.0 Å². The maximum absolute atomic E-state index is 12.2. The molecular weight excluding hydrogens is 328 g/mol. The van der Waals surface area contributed by atoms with Crippen LogP contribution in [0.4, 0.5) is 11.6 Å². The van der Waals surface area contributed by atoms with Crippen LogP contribution in [-0.4, -0.2) is 62.7 Å². The maximum Gasteiger partial charge on any atom is 0.275 e. The van der Waals surface area contributed by atoms with E-state index in [0.29, 0.717) is 13.1 Å². The first-order chi connectivity index (χ1) is 12.6. The number of aromatic nitrogens is 2. The van der Waals surface area contributed by atoms with E-state index in [1.54, 1.807) is 12.4 Å². The number of anilines is 2. The van der Waals surface area contributed by atoms with Gasteiger partial charge in [-0.25, -0.2) is 9.97 Å². The molecule has 0 radical (unpaired) electrons. The first kappa shape index (κ1) is 18.1. The lowest BCUT2D eigenvalue weighted by atomic mass is 10.2. The van der Waals surface area contributed by atoms with E-state index in [-0.39, 0.29) is 5.91 Å². The Morgan fingerprint density at radius 1 is 1.15 bits per heavy atom. The molecule has 1 aromatic heterocycles. The molecule has 2 N–H and O–H groups in total. The van der Waals surface area contributed by atoms with E-state index in [0.717, 1.165) is 43.4 Å². The SMILES string of the molecule is CN(C)c1ccc(CNC(=O)C[NH+]2CCN(c3ncccn3)CC2)cc1. The van der Waals surface area contributed by atoms with Crippen LogP contribution in [0.25, 0.3) is 0 Å². The fraction of sp³-hybridized carbons (Fsp3) is 0.421. The van der Waals surface area contributed by atoms with Gasteiger partial charge >= 0.3 is 0 Å². The van der Waals surface area contributed by atoms with Crippen LogP contribution >= 0.6 is 0 Å². The summed E-state index contributed by atoms with van der Waals surface area (Å²) in [6, 6.07) is 10.1. The van der Waals surface area contributed by atoms with E-state index in [4.69, 9.17) is 0 Å². The van der Waals surface area contributed by atoms with Crippen molar-refractivity contribution in [2.45, 2.75) is 6.54 Å². The van der Waals surface area contributed by atoms with Gasteiger partial charge in [0.15, 0.2) is 6.54 Å². The van der Waals surface area contributed by atoms with Crippen molar-refractivity contribution in [3.8, 4) is 0 Å². The van der Waals surface area contributed by atoms with Crippen molar-refractivity contribution in [3.05, 3.63) is 48.3 Å². The highest BCUT2D eigenvalue weighted by atomic mass is 16.2. The summed E-state index contributed by atoms with van der Waals surface area (Å²) in [6.07, 6.45) is 3.53. The molecule has 2 aromatic rings. The first-order valence-corrected chi connectivity index (χ1v) is 9.00. The Labute approximate surface area is 154 Å². The summed E-state index contributed by atoms with van der Waals surface area (Å²) in [6.45, 7) is 4.67. The van der Waals surface area contributed by atoms with Crippen LogP contribution in [0.1, 0.15) is 5.56 Å².